The minimum absolute atomic E-state index is 0.0271. The Bertz CT molecular complexity index is 908. The number of carbonyl (C=O) groups is 1. The maximum atomic E-state index is 12.8. The summed E-state index contributed by atoms with van der Waals surface area (Å²) in [7, 11) is 3.48. The van der Waals surface area contributed by atoms with Crippen molar-refractivity contribution in [2.75, 3.05) is 14.2 Å². The second kappa shape index (κ2) is 6.83. The SMILES string of the molecule is COc1cc(C(=O)N(C)C2CCCC2)ccc1-c1nc2ccccc2o1. The smallest absolute Gasteiger partial charge is 0.253 e. The largest absolute Gasteiger partial charge is 0.496 e. The monoisotopic (exact) mass is 350 g/mol. The van der Waals surface area contributed by atoms with Gasteiger partial charge in [0.25, 0.3) is 5.91 Å². The maximum Gasteiger partial charge on any atom is 0.253 e. The first-order valence-electron chi connectivity index (χ1n) is 8.98. The first kappa shape index (κ1) is 16.6. The number of hydrogen-bond acceptors (Lipinski definition) is 4. The molecule has 0 aliphatic heterocycles. The van der Waals surface area contributed by atoms with E-state index in [1.54, 1.807) is 13.2 Å². The molecule has 134 valence electrons. The van der Waals surface area contributed by atoms with Crippen molar-refractivity contribution in [3.63, 3.8) is 0 Å². The van der Waals surface area contributed by atoms with Gasteiger partial charge in [0.05, 0.1) is 12.7 Å². The van der Waals surface area contributed by atoms with Crippen LogP contribution >= 0.6 is 0 Å². The second-order valence-electron chi connectivity index (χ2n) is 6.76. The summed E-state index contributed by atoms with van der Waals surface area (Å²) in [6, 6.07) is 13.4. The lowest BCUT2D eigenvalue weighted by Crippen LogP contribution is -2.35. The van der Waals surface area contributed by atoms with Gasteiger partial charge in [0.15, 0.2) is 5.58 Å². The van der Waals surface area contributed by atoms with Crippen molar-refractivity contribution in [1.29, 1.82) is 0 Å². The Kier molecular flexibility index (Phi) is 4.37. The molecule has 0 atom stereocenters. The van der Waals surface area contributed by atoms with Crippen molar-refractivity contribution in [3.05, 3.63) is 48.0 Å². The zero-order valence-electron chi connectivity index (χ0n) is 15.1. The van der Waals surface area contributed by atoms with E-state index in [0.29, 0.717) is 23.2 Å². The molecular formula is C21H22N2O3. The van der Waals surface area contributed by atoms with E-state index in [4.69, 9.17) is 9.15 Å². The normalized spacial score (nSPS) is 14.7. The lowest BCUT2D eigenvalue weighted by atomic mass is 10.1. The molecule has 1 saturated carbocycles. The number of ether oxygens (including phenoxy) is 1. The van der Waals surface area contributed by atoms with Gasteiger partial charge in [0, 0.05) is 18.7 Å². The van der Waals surface area contributed by atoms with Crippen molar-refractivity contribution in [2.45, 2.75) is 31.7 Å². The van der Waals surface area contributed by atoms with Crippen molar-refractivity contribution in [1.82, 2.24) is 9.88 Å². The predicted octanol–water partition coefficient (Wildman–Crippen LogP) is 4.52. The quantitative estimate of drug-likeness (QED) is 0.694. The molecule has 3 aromatic rings. The van der Waals surface area contributed by atoms with E-state index in [-0.39, 0.29) is 5.91 Å². The number of methoxy groups -OCH3 is 1. The van der Waals surface area contributed by atoms with Crippen molar-refractivity contribution in [2.24, 2.45) is 0 Å². The molecule has 0 bridgehead atoms. The van der Waals surface area contributed by atoms with Gasteiger partial charge in [-0.3, -0.25) is 4.79 Å². The molecule has 1 aromatic heterocycles. The van der Waals surface area contributed by atoms with Crippen LogP contribution in [0.3, 0.4) is 0 Å². The highest BCUT2D eigenvalue weighted by Crippen LogP contribution is 2.33. The molecule has 5 nitrogen and oxygen atoms in total. The lowest BCUT2D eigenvalue weighted by Gasteiger charge is -2.24. The fraction of sp³-hybridized carbons (Fsp3) is 0.333. The van der Waals surface area contributed by atoms with E-state index in [1.165, 1.54) is 12.8 Å². The maximum absolute atomic E-state index is 12.8. The fourth-order valence-electron chi connectivity index (χ4n) is 3.65. The zero-order valence-corrected chi connectivity index (χ0v) is 15.1. The topological polar surface area (TPSA) is 55.6 Å². The average molecular weight is 350 g/mol. The van der Waals surface area contributed by atoms with Crippen molar-refractivity contribution >= 4 is 17.0 Å². The van der Waals surface area contributed by atoms with Gasteiger partial charge in [-0.15, -0.1) is 0 Å². The number of hydrogen-bond donors (Lipinski definition) is 0. The van der Waals surface area contributed by atoms with Crippen LogP contribution in [0.25, 0.3) is 22.6 Å². The third kappa shape index (κ3) is 2.94. The Labute approximate surface area is 152 Å². The summed E-state index contributed by atoms with van der Waals surface area (Å²) in [6.45, 7) is 0. The number of fused-ring (bicyclic) bond motifs is 1. The van der Waals surface area contributed by atoms with Crippen LogP contribution in [-0.2, 0) is 0 Å². The molecule has 1 aliphatic carbocycles. The molecule has 1 fully saturated rings. The molecule has 5 heteroatoms. The van der Waals surface area contributed by atoms with Gasteiger partial charge in [-0.05, 0) is 43.2 Å². The molecule has 0 saturated heterocycles. The summed E-state index contributed by atoms with van der Waals surface area (Å²) in [6.07, 6.45) is 4.56. The third-order valence-corrected chi connectivity index (χ3v) is 5.17. The van der Waals surface area contributed by atoms with Crippen LogP contribution in [0.2, 0.25) is 0 Å². The number of carbonyl (C=O) groups excluding carboxylic acids is 1. The van der Waals surface area contributed by atoms with Crippen LogP contribution in [-0.4, -0.2) is 36.0 Å². The predicted molar refractivity (Wildman–Crippen MR) is 100 cm³/mol. The molecule has 2 aromatic carbocycles. The van der Waals surface area contributed by atoms with Gasteiger partial charge in [-0.2, -0.15) is 0 Å². The number of aromatic nitrogens is 1. The van der Waals surface area contributed by atoms with Crippen molar-refractivity contribution in [3.8, 4) is 17.2 Å². The Morgan fingerprint density at radius 3 is 2.69 bits per heavy atom. The van der Waals surface area contributed by atoms with Gasteiger partial charge in [-0.1, -0.05) is 25.0 Å². The Hall–Kier alpha value is -2.82. The third-order valence-electron chi connectivity index (χ3n) is 5.17. The number of oxazole rings is 1. The van der Waals surface area contributed by atoms with Crippen LogP contribution in [0.5, 0.6) is 5.75 Å². The minimum Gasteiger partial charge on any atom is -0.496 e. The Morgan fingerprint density at radius 1 is 1.19 bits per heavy atom. The van der Waals surface area contributed by atoms with E-state index in [1.807, 2.05) is 48.3 Å². The highest BCUT2D eigenvalue weighted by Gasteiger charge is 2.25. The van der Waals surface area contributed by atoms with Crippen molar-refractivity contribution < 1.29 is 13.9 Å². The number of para-hydroxylation sites is 2. The van der Waals surface area contributed by atoms with Crippen LogP contribution in [0.15, 0.2) is 46.9 Å². The van der Waals surface area contributed by atoms with Gasteiger partial charge in [0.1, 0.15) is 11.3 Å². The van der Waals surface area contributed by atoms with Gasteiger partial charge >= 0.3 is 0 Å². The zero-order chi connectivity index (χ0) is 18.1. The van der Waals surface area contributed by atoms with Crippen LogP contribution in [0, 0.1) is 0 Å². The number of rotatable bonds is 4. The van der Waals surface area contributed by atoms with E-state index in [9.17, 15) is 4.79 Å². The molecule has 0 spiro atoms. The summed E-state index contributed by atoms with van der Waals surface area (Å²) in [5, 5.41) is 0. The second-order valence-corrected chi connectivity index (χ2v) is 6.76. The van der Waals surface area contributed by atoms with Gasteiger partial charge in [0.2, 0.25) is 5.89 Å². The number of amides is 1. The first-order chi connectivity index (χ1) is 12.7. The molecule has 0 unspecified atom stereocenters. The molecule has 1 amide bonds. The fourth-order valence-corrected chi connectivity index (χ4v) is 3.65. The molecule has 0 radical (unpaired) electrons. The summed E-state index contributed by atoms with van der Waals surface area (Å²) in [5.74, 6) is 1.10. The highest BCUT2D eigenvalue weighted by molar-refractivity contribution is 5.95. The Balaban J connectivity index is 1.66. The summed E-state index contributed by atoms with van der Waals surface area (Å²) in [5.41, 5.74) is 2.89. The molecular weight excluding hydrogens is 328 g/mol. The molecule has 1 aliphatic rings. The highest BCUT2D eigenvalue weighted by atomic mass is 16.5. The average Bonchev–Trinajstić information content (AvgIpc) is 3.35. The van der Waals surface area contributed by atoms with E-state index < -0.39 is 0 Å². The molecule has 1 heterocycles. The van der Waals surface area contributed by atoms with E-state index >= 15 is 0 Å². The number of nitrogens with zero attached hydrogens (tertiary/aromatic N) is 2. The molecule has 26 heavy (non-hydrogen) atoms. The summed E-state index contributed by atoms with van der Waals surface area (Å²) in [4.78, 5) is 19.2. The molecule has 0 N–H and O–H groups in total. The van der Waals surface area contributed by atoms with Gasteiger partial charge < -0.3 is 14.1 Å². The van der Waals surface area contributed by atoms with Gasteiger partial charge in [-0.25, -0.2) is 4.98 Å². The van der Waals surface area contributed by atoms with E-state index in [0.717, 1.165) is 29.5 Å². The van der Waals surface area contributed by atoms with E-state index in [2.05, 4.69) is 4.98 Å². The molecule has 4 rings (SSSR count). The van der Waals surface area contributed by atoms with Crippen LogP contribution in [0.4, 0.5) is 0 Å². The minimum atomic E-state index is 0.0271. The summed E-state index contributed by atoms with van der Waals surface area (Å²) < 4.78 is 11.4. The summed E-state index contributed by atoms with van der Waals surface area (Å²) >= 11 is 0. The van der Waals surface area contributed by atoms with Crippen LogP contribution < -0.4 is 4.74 Å². The number of benzene rings is 2. The lowest BCUT2D eigenvalue weighted by molar-refractivity contribution is 0.0735. The Morgan fingerprint density at radius 2 is 1.96 bits per heavy atom. The van der Waals surface area contributed by atoms with Crippen LogP contribution in [0.1, 0.15) is 36.0 Å². The first-order valence-corrected chi connectivity index (χ1v) is 8.98. The standard InChI is InChI=1S/C21H22N2O3/c1-23(15-7-3-4-8-15)21(24)14-11-12-16(19(13-14)25-2)20-22-17-9-5-6-10-18(17)26-20/h5-6,9-13,15H,3-4,7-8H2,1-2H3.